The van der Waals surface area contributed by atoms with Crippen LogP contribution in [0.2, 0.25) is 0 Å². The number of nitrogens with zero attached hydrogens (tertiary/aromatic N) is 5. The van der Waals surface area contributed by atoms with E-state index in [9.17, 15) is 18.4 Å². The molecule has 0 aliphatic carbocycles. The molecular weight excluding hydrogens is 414 g/mol. The second kappa shape index (κ2) is 9.24. The van der Waals surface area contributed by atoms with Crippen LogP contribution < -0.4 is 5.32 Å². The summed E-state index contributed by atoms with van der Waals surface area (Å²) in [5.74, 6) is -1.89. The first kappa shape index (κ1) is 21.7. The number of anilines is 1. The van der Waals surface area contributed by atoms with Gasteiger partial charge in [0.25, 0.3) is 0 Å². The number of hydrogen-bond donors (Lipinski definition) is 1. The van der Waals surface area contributed by atoms with Crippen molar-refractivity contribution in [2.24, 2.45) is 7.05 Å². The molecule has 0 fully saturated rings. The van der Waals surface area contributed by atoms with Gasteiger partial charge in [0.1, 0.15) is 17.7 Å². The molecule has 31 heavy (non-hydrogen) atoms. The third-order valence-electron chi connectivity index (χ3n) is 4.12. The molecule has 10 nitrogen and oxygen atoms in total. The fraction of sp³-hybridized carbons (Fsp3) is 0.263. The molecule has 0 saturated heterocycles. The summed E-state index contributed by atoms with van der Waals surface area (Å²) < 4.78 is 38.5. The summed E-state index contributed by atoms with van der Waals surface area (Å²) in [4.78, 5) is 35.5. The predicted octanol–water partition coefficient (Wildman–Crippen LogP) is 3.04. The van der Waals surface area contributed by atoms with Gasteiger partial charge in [-0.25, -0.2) is 28.9 Å². The quantitative estimate of drug-likeness (QED) is 0.466. The number of amides is 1. The minimum absolute atomic E-state index is 0.169. The van der Waals surface area contributed by atoms with Crippen molar-refractivity contribution in [3.63, 3.8) is 0 Å². The van der Waals surface area contributed by atoms with Gasteiger partial charge in [0.05, 0.1) is 35.7 Å². The van der Waals surface area contributed by atoms with Crippen molar-refractivity contribution < 1.29 is 27.8 Å². The maximum absolute atomic E-state index is 13.8. The Kier molecular flexibility index (Phi) is 6.48. The van der Waals surface area contributed by atoms with Crippen molar-refractivity contribution in [1.82, 2.24) is 24.7 Å². The van der Waals surface area contributed by atoms with E-state index < -0.39 is 29.9 Å². The standard InChI is InChI=1S/C19H18F2N6O4/c1-4-30-18(28)11-6-23-16(24-7-11)14-9-25-27(3)17(14)26-19(29)31-10(2)13-5-12(20)8-22-15(13)21/h5-10H,4H2,1-3H3,(H,26,29)/t10-/m1/s1. The van der Waals surface area contributed by atoms with Gasteiger partial charge in [-0.3, -0.25) is 10.00 Å². The Morgan fingerprint density at radius 1 is 1.16 bits per heavy atom. The largest absolute Gasteiger partial charge is 0.462 e. The molecule has 1 amide bonds. The molecule has 3 heterocycles. The summed E-state index contributed by atoms with van der Waals surface area (Å²) >= 11 is 0. The predicted molar refractivity (Wildman–Crippen MR) is 103 cm³/mol. The fourth-order valence-electron chi connectivity index (χ4n) is 2.61. The van der Waals surface area contributed by atoms with Crippen LogP contribution in [0, 0.1) is 11.8 Å². The van der Waals surface area contributed by atoms with Gasteiger partial charge in [-0.15, -0.1) is 0 Å². The van der Waals surface area contributed by atoms with Crippen molar-refractivity contribution in [2.75, 3.05) is 11.9 Å². The third-order valence-corrected chi connectivity index (χ3v) is 4.12. The molecule has 12 heteroatoms. The summed E-state index contributed by atoms with van der Waals surface area (Å²) in [5.41, 5.74) is 0.308. The molecule has 0 aliphatic heterocycles. The van der Waals surface area contributed by atoms with Gasteiger partial charge in [-0.05, 0) is 19.9 Å². The Hall–Kier alpha value is -3.96. The van der Waals surface area contributed by atoms with Crippen molar-refractivity contribution in [1.29, 1.82) is 0 Å². The van der Waals surface area contributed by atoms with Crippen LogP contribution in [0.25, 0.3) is 11.4 Å². The number of ether oxygens (including phenoxy) is 2. The van der Waals surface area contributed by atoms with Gasteiger partial charge in [-0.1, -0.05) is 0 Å². The van der Waals surface area contributed by atoms with E-state index >= 15 is 0 Å². The summed E-state index contributed by atoms with van der Waals surface area (Å²) in [6.45, 7) is 3.27. The zero-order valence-electron chi connectivity index (χ0n) is 16.8. The number of esters is 1. The van der Waals surface area contributed by atoms with Gasteiger partial charge in [0.2, 0.25) is 5.95 Å². The van der Waals surface area contributed by atoms with Crippen molar-refractivity contribution in [2.45, 2.75) is 20.0 Å². The topological polar surface area (TPSA) is 121 Å². The molecule has 3 rings (SSSR count). The summed E-state index contributed by atoms with van der Waals surface area (Å²) in [7, 11) is 1.56. The number of hydrogen-bond acceptors (Lipinski definition) is 8. The Bertz CT molecular complexity index is 1100. The highest BCUT2D eigenvalue weighted by Gasteiger charge is 2.21. The zero-order chi connectivity index (χ0) is 22.5. The first-order valence-electron chi connectivity index (χ1n) is 9.10. The summed E-state index contributed by atoms with van der Waals surface area (Å²) in [6, 6.07) is 0.898. The Morgan fingerprint density at radius 3 is 2.55 bits per heavy atom. The zero-order valence-corrected chi connectivity index (χ0v) is 16.8. The average molecular weight is 432 g/mol. The van der Waals surface area contributed by atoms with Crippen LogP contribution in [0.15, 0.2) is 30.9 Å². The first-order valence-corrected chi connectivity index (χ1v) is 9.10. The van der Waals surface area contributed by atoms with Crippen molar-refractivity contribution >= 4 is 17.9 Å². The van der Waals surface area contributed by atoms with Crippen LogP contribution in [0.4, 0.5) is 19.4 Å². The molecule has 0 saturated carbocycles. The van der Waals surface area contributed by atoms with E-state index in [2.05, 4.69) is 25.4 Å². The number of pyridine rings is 1. The first-order chi connectivity index (χ1) is 14.8. The van der Waals surface area contributed by atoms with Gasteiger partial charge in [-0.2, -0.15) is 9.49 Å². The maximum atomic E-state index is 13.8. The number of carbonyl (C=O) groups is 2. The van der Waals surface area contributed by atoms with Gasteiger partial charge >= 0.3 is 12.1 Å². The number of halogens is 2. The molecule has 0 aromatic carbocycles. The molecule has 1 atom stereocenters. The number of rotatable bonds is 6. The normalized spacial score (nSPS) is 11.6. The molecular formula is C19H18F2N6O4. The third kappa shape index (κ3) is 4.97. The second-order valence-corrected chi connectivity index (χ2v) is 6.25. The fourth-order valence-corrected chi connectivity index (χ4v) is 2.61. The Morgan fingerprint density at radius 2 is 1.87 bits per heavy atom. The molecule has 1 N–H and O–H groups in total. The van der Waals surface area contributed by atoms with Gasteiger partial charge < -0.3 is 9.47 Å². The van der Waals surface area contributed by atoms with Gasteiger partial charge in [0.15, 0.2) is 5.82 Å². The van der Waals surface area contributed by atoms with Crippen LogP contribution in [-0.4, -0.2) is 43.4 Å². The molecule has 0 bridgehead atoms. The highest BCUT2D eigenvalue weighted by atomic mass is 19.1. The Labute approximate surface area is 175 Å². The van der Waals surface area contributed by atoms with E-state index in [1.54, 1.807) is 14.0 Å². The molecule has 0 unspecified atom stereocenters. The van der Waals surface area contributed by atoms with Crippen LogP contribution in [0.1, 0.15) is 35.9 Å². The lowest BCUT2D eigenvalue weighted by Crippen LogP contribution is -2.19. The molecule has 162 valence electrons. The second-order valence-electron chi connectivity index (χ2n) is 6.25. The van der Waals surface area contributed by atoms with E-state index in [1.807, 2.05) is 0 Å². The lowest BCUT2D eigenvalue weighted by atomic mass is 10.2. The van der Waals surface area contributed by atoms with Crippen LogP contribution >= 0.6 is 0 Å². The number of carbonyl (C=O) groups excluding carboxylic acids is 2. The van der Waals surface area contributed by atoms with E-state index in [0.717, 1.165) is 12.3 Å². The number of nitrogens with one attached hydrogen (secondary N) is 1. The molecule has 0 radical (unpaired) electrons. The average Bonchev–Trinajstić information content (AvgIpc) is 3.10. The van der Waals surface area contributed by atoms with Crippen LogP contribution in [0.3, 0.4) is 0 Å². The van der Waals surface area contributed by atoms with E-state index in [0.29, 0.717) is 5.56 Å². The highest BCUT2D eigenvalue weighted by molar-refractivity contribution is 5.90. The maximum Gasteiger partial charge on any atom is 0.413 e. The van der Waals surface area contributed by atoms with Crippen molar-refractivity contribution in [3.05, 3.63) is 53.7 Å². The summed E-state index contributed by atoms with van der Waals surface area (Å²) in [5, 5.41) is 6.53. The van der Waals surface area contributed by atoms with E-state index in [1.165, 1.54) is 30.2 Å². The molecule has 3 aromatic heterocycles. The SMILES string of the molecule is CCOC(=O)c1cnc(-c2cnn(C)c2NC(=O)O[C@H](C)c2cc(F)cnc2F)nc1. The molecule has 0 spiro atoms. The lowest BCUT2D eigenvalue weighted by molar-refractivity contribution is 0.0525. The van der Waals surface area contributed by atoms with Crippen LogP contribution in [-0.2, 0) is 16.5 Å². The van der Waals surface area contributed by atoms with E-state index in [-0.39, 0.29) is 29.4 Å². The van der Waals surface area contributed by atoms with Crippen molar-refractivity contribution in [3.8, 4) is 11.4 Å². The number of aryl methyl sites for hydroxylation is 1. The Balaban J connectivity index is 1.76. The van der Waals surface area contributed by atoms with E-state index in [4.69, 9.17) is 9.47 Å². The van der Waals surface area contributed by atoms with Gasteiger partial charge in [0, 0.05) is 19.4 Å². The minimum atomic E-state index is -1.11. The lowest BCUT2D eigenvalue weighted by Gasteiger charge is -2.15. The number of aromatic nitrogens is 5. The smallest absolute Gasteiger partial charge is 0.413 e. The molecule has 0 aliphatic rings. The molecule has 3 aromatic rings. The summed E-state index contributed by atoms with van der Waals surface area (Å²) in [6.07, 6.45) is 2.66. The van der Waals surface area contributed by atoms with Crippen LogP contribution in [0.5, 0.6) is 0 Å². The monoisotopic (exact) mass is 432 g/mol. The minimum Gasteiger partial charge on any atom is -0.462 e. The highest BCUT2D eigenvalue weighted by Crippen LogP contribution is 2.26.